The van der Waals surface area contributed by atoms with Crippen LogP contribution in [0.4, 0.5) is 5.69 Å². The maximum atomic E-state index is 12.5. The third-order valence-electron chi connectivity index (χ3n) is 7.49. The van der Waals surface area contributed by atoms with Crippen LogP contribution in [-0.4, -0.2) is 46.1 Å². The Bertz CT molecular complexity index is 1660. The summed E-state index contributed by atoms with van der Waals surface area (Å²) >= 11 is 0. The molecule has 1 aliphatic carbocycles. The fourth-order valence-corrected chi connectivity index (χ4v) is 5.11. The second-order valence-corrected chi connectivity index (χ2v) is 10.7. The molecule has 1 aliphatic rings. The average Bonchev–Trinajstić information content (AvgIpc) is 3.04. The third-order valence-corrected chi connectivity index (χ3v) is 7.49. The summed E-state index contributed by atoms with van der Waals surface area (Å²) in [5, 5.41) is 24.0. The number of hydrogen-bond donors (Lipinski definition) is 4. The van der Waals surface area contributed by atoms with Crippen molar-refractivity contribution in [1.29, 1.82) is 0 Å². The normalized spacial score (nSPS) is 15.8. The molecule has 0 atom stereocenters. The van der Waals surface area contributed by atoms with Gasteiger partial charge in [0.25, 0.3) is 5.91 Å². The lowest BCUT2D eigenvalue weighted by molar-refractivity contribution is -0.115. The van der Waals surface area contributed by atoms with Crippen molar-refractivity contribution in [3.05, 3.63) is 119 Å². The molecular weight excluding hydrogens is 576 g/mol. The van der Waals surface area contributed by atoms with E-state index in [2.05, 4.69) is 10.6 Å². The minimum absolute atomic E-state index is 0.0294. The number of carboxylic acids is 2. The molecule has 0 aliphatic heterocycles. The summed E-state index contributed by atoms with van der Waals surface area (Å²) in [6.07, 6.45) is 3.24. The molecule has 0 aromatic heterocycles. The van der Waals surface area contributed by atoms with E-state index in [-0.39, 0.29) is 47.2 Å². The van der Waals surface area contributed by atoms with E-state index in [1.165, 1.54) is 30.3 Å². The van der Waals surface area contributed by atoms with Crippen LogP contribution in [0.15, 0.2) is 97.1 Å². The molecular formula is C35H32N2O8. The number of nitrogens with one attached hydrogen (secondary N) is 2. The first-order valence-corrected chi connectivity index (χ1v) is 14.5. The number of anilines is 1. The van der Waals surface area contributed by atoms with Crippen LogP contribution in [0.25, 0.3) is 0 Å². The quantitative estimate of drug-likeness (QED) is 0.158. The van der Waals surface area contributed by atoms with Gasteiger partial charge in [0.05, 0.1) is 29.3 Å². The number of carbonyl (C=O) groups is 4. The highest BCUT2D eigenvalue weighted by molar-refractivity contribution is 6.01. The molecule has 2 amide bonds. The SMILES string of the molecule is O=C(Cc1ccc(Oc2ccc(OC3CCC(NC(=O)c4ccc(C(=O)O)cc4)CC3)cc2)cc1)Nc1ccccc1C(=O)O. The zero-order valence-corrected chi connectivity index (χ0v) is 24.3. The Morgan fingerprint density at radius 3 is 1.87 bits per heavy atom. The van der Waals surface area contributed by atoms with E-state index in [1.54, 1.807) is 42.5 Å². The van der Waals surface area contributed by atoms with Gasteiger partial charge in [-0.1, -0.05) is 24.3 Å². The number of rotatable bonds is 11. The second kappa shape index (κ2) is 14.2. The van der Waals surface area contributed by atoms with Gasteiger partial charge < -0.3 is 30.3 Å². The Kier molecular flexibility index (Phi) is 9.74. The van der Waals surface area contributed by atoms with Gasteiger partial charge in [0.2, 0.25) is 5.91 Å². The maximum Gasteiger partial charge on any atom is 0.337 e. The fraction of sp³-hybridized carbons (Fsp3) is 0.200. The summed E-state index contributed by atoms with van der Waals surface area (Å²) in [6.45, 7) is 0. The first kappa shape index (κ1) is 30.8. The van der Waals surface area contributed by atoms with Crippen LogP contribution in [0, 0.1) is 0 Å². The van der Waals surface area contributed by atoms with Crippen LogP contribution < -0.4 is 20.1 Å². The van der Waals surface area contributed by atoms with E-state index in [4.69, 9.17) is 14.6 Å². The molecule has 230 valence electrons. The molecule has 4 N–H and O–H groups in total. The first-order valence-electron chi connectivity index (χ1n) is 14.5. The number of carboxylic acid groups (broad SMARTS) is 2. The zero-order valence-electron chi connectivity index (χ0n) is 24.3. The number of aromatic carboxylic acids is 2. The van der Waals surface area contributed by atoms with E-state index in [0.717, 1.165) is 37.0 Å². The molecule has 10 nitrogen and oxygen atoms in total. The number of amides is 2. The molecule has 45 heavy (non-hydrogen) atoms. The topological polar surface area (TPSA) is 151 Å². The predicted octanol–water partition coefficient (Wildman–Crippen LogP) is 6.18. The van der Waals surface area contributed by atoms with E-state index < -0.39 is 11.9 Å². The van der Waals surface area contributed by atoms with Crippen molar-refractivity contribution < 1.29 is 38.9 Å². The minimum Gasteiger partial charge on any atom is -0.490 e. The number of hydrogen-bond acceptors (Lipinski definition) is 6. The number of para-hydroxylation sites is 1. The zero-order chi connectivity index (χ0) is 31.8. The number of ether oxygens (including phenoxy) is 2. The van der Waals surface area contributed by atoms with Crippen molar-refractivity contribution in [2.24, 2.45) is 0 Å². The molecule has 0 unspecified atom stereocenters. The summed E-state index contributed by atoms with van der Waals surface area (Å²) in [7, 11) is 0. The van der Waals surface area contributed by atoms with E-state index in [0.29, 0.717) is 17.1 Å². The van der Waals surface area contributed by atoms with Crippen LogP contribution in [0.3, 0.4) is 0 Å². The van der Waals surface area contributed by atoms with Crippen molar-refractivity contribution in [1.82, 2.24) is 5.32 Å². The molecule has 0 bridgehead atoms. The lowest BCUT2D eigenvalue weighted by Gasteiger charge is -2.29. The van der Waals surface area contributed by atoms with Crippen LogP contribution >= 0.6 is 0 Å². The molecule has 1 saturated carbocycles. The Balaban J connectivity index is 1.05. The third kappa shape index (κ3) is 8.47. The Morgan fingerprint density at radius 1 is 0.667 bits per heavy atom. The monoisotopic (exact) mass is 608 g/mol. The highest BCUT2D eigenvalue weighted by atomic mass is 16.5. The summed E-state index contributed by atoms with van der Waals surface area (Å²) in [6, 6.07) is 26.6. The van der Waals surface area contributed by atoms with Crippen molar-refractivity contribution in [3.8, 4) is 17.2 Å². The lowest BCUT2D eigenvalue weighted by atomic mass is 9.92. The number of benzene rings is 4. The summed E-state index contributed by atoms with van der Waals surface area (Å²) in [5.74, 6) is -0.731. The minimum atomic E-state index is -1.11. The molecule has 4 aromatic carbocycles. The van der Waals surface area contributed by atoms with Gasteiger partial charge in [-0.05, 0) is 104 Å². The Morgan fingerprint density at radius 2 is 1.24 bits per heavy atom. The van der Waals surface area contributed by atoms with Crippen LogP contribution in [-0.2, 0) is 11.2 Å². The molecule has 0 radical (unpaired) electrons. The van der Waals surface area contributed by atoms with E-state index in [9.17, 15) is 24.3 Å². The second-order valence-electron chi connectivity index (χ2n) is 10.7. The summed E-state index contributed by atoms with van der Waals surface area (Å²) < 4.78 is 12.1. The van der Waals surface area contributed by atoms with Gasteiger partial charge >= 0.3 is 11.9 Å². The standard InChI is InChI=1S/C35H32N2O8/c38-32(37-31-4-2-1-3-30(31)35(42)43)21-22-5-13-26(14-6-22)44-28-17-19-29(20-18-28)45-27-15-11-25(12-16-27)36-33(39)23-7-9-24(10-8-23)34(40)41/h1-10,13-14,17-20,25,27H,11-12,15-16,21H2,(H,36,39)(H,37,38)(H,40,41)(H,42,43). The van der Waals surface area contributed by atoms with E-state index >= 15 is 0 Å². The lowest BCUT2D eigenvalue weighted by Crippen LogP contribution is -2.39. The van der Waals surface area contributed by atoms with E-state index in [1.807, 2.05) is 24.3 Å². The first-order chi connectivity index (χ1) is 21.7. The van der Waals surface area contributed by atoms with Crippen molar-refractivity contribution in [2.45, 2.75) is 44.2 Å². The van der Waals surface area contributed by atoms with Crippen LogP contribution in [0.5, 0.6) is 17.2 Å². The van der Waals surface area contributed by atoms with Gasteiger partial charge in [0, 0.05) is 11.6 Å². The number of carbonyl (C=O) groups excluding carboxylic acids is 2. The van der Waals surface area contributed by atoms with Crippen molar-refractivity contribution in [2.75, 3.05) is 5.32 Å². The molecule has 10 heteroatoms. The molecule has 1 fully saturated rings. The predicted molar refractivity (Wildman–Crippen MR) is 166 cm³/mol. The van der Waals surface area contributed by atoms with Crippen LogP contribution in [0.1, 0.15) is 62.3 Å². The average molecular weight is 609 g/mol. The summed E-state index contributed by atoms with van der Waals surface area (Å²) in [4.78, 5) is 47.4. The van der Waals surface area contributed by atoms with Gasteiger partial charge in [0.15, 0.2) is 0 Å². The highest BCUT2D eigenvalue weighted by Crippen LogP contribution is 2.28. The van der Waals surface area contributed by atoms with Crippen molar-refractivity contribution >= 4 is 29.4 Å². The maximum absolute atomic E-state index is 12.5. The van der Waals surface area contributed by atoms with Gasteiger partial charge in [-0.3, -0.25) is 9.59 Å². The molecule has 0 heterocycles. The smallest absolute Gasteiger partial charge is 0.337 e. The molecule has 5 rings (SSSR count). The molecule has 0 saturated heterocycles. The Labute approximate surface area is 259 Å². The van der Waals surface area contributed by atoms with Gasteiger partial charge in [-0.25, -0.2) is 9.59 Å². The van der Waals surface area contributed by atoms with Gasteiger partial charge in [-0.15, -0.1) is 0 Å². The van der Waals surface area contributed by atoms with Gasteiger partial charge in [-0.2, -0.15) is 0 Å². The Hall–Kier alpha value is -5.64. The van der Waals surface area contributed by atoms with Crippen LogP contribution in [0.2, 0.25) is 0 Å². The molecule has 0 spiro atoms. The summed E-state index contributed by atoms with van der Waals surface area (Å²) in [5.41, 5.74) is 1.61. The fourth-order valence-electron chi connectivity index (χ4n) is 5.11. The molecule has 4 aromatic rings. The van der Waals surface area contributed by atoms with Gasteiger partial charge in [0.1, 0.15) is 17.2 Å². The highest BCUT2D eigenvalue weighted by Gasteiger charge is 2.24. The largest absolute Gasteiger partial charge is 0.490 e. The van der Waals surface area contributed by atoms with Crippen molar-refractivity contribution in [3.63, 3.8) is 0 Å².